The number of hydrogen-bond donors (Lipinski definition) is 2. The molecule has 4 rings (SSSR count). The number of aromatic amines is 1. The third-order valence-electron chi connectivity index (χ3n) is 4.81. The SMILES string of the molecule is O=C(c1c[nH]cc1-c1ccc(F)cc1)N1C[C@H]2CNC[C@H]2C1. The zero-order valence-corrected chi connectivity index (χ0v) is 12.2. The second kappa shape index (κ2) is 5.25. The predicted molar refractivity (Wildman–Crippen MR) is 81.9 cm³/mol. The Morgan fingerprint density at radius 2 is 1.77 bits per heavy atom. The quantitative estimate of drug-likeness (QED) is 0.892. The van der Waals surface area contributed by atoms with Crippen LogP contribution in [0.5, 0.6) is 0 Å². The van der Waals surface area contributed by atoms with Gasteiger partial charge in [-0.1, -0.05) is 12.1 Å². The molecule has 22 heavy (non-hydrogen) atoms. The van der Waals surface area contributed by atoms with Gasteiger partial charge in [0.2, 0.25) is 0 Å². The minimum absolute atomic E-state index is 0.0648. The topological polar surface area (TPSA) is 48.1 Å². The molecular weight excluding hydrogens is 281 g/mol. The highest BCUT2D eigenvalue weighted by Gasteiger charge is 2.38. The Morgan fingerprint density at radius 3 is 2.45 bits per heavy atom. The Labute approximate surface area is 128 Å². The van der Waals surface area contributed by atoms with E-state index in [0.29, 0.717) is 17.4 Å². The summed E-state index contributed by atoms with van der Waals surface area (Å²) in [7, 11) is 0. The maximum absolute atomic E-state index is 13.1. The number of amides is 1. The van der Waals surface area contributed by atoms with Gasteiger partial charge in [-0.2, -0.15) is 0 Å². The zero-order chi connectivity index (χ0) is 15.1. The molecule has 4 nitrogen and oxygen atoms in total. The number of halogens is 1. The van der Waals surface area contributed by atoms with E-state index in [2.05, 4.69) is 10.3 Å². The van der Waals surface area contributed by atoms with Gasteiger partial charge in [0.25, 0.3) is 5.91 Å². The van der Waals surface area contributed by atoms with Gasteiger partial charge >= 0.3 is 0 Å². The summed E-state index contributed by atoms with van der Waals surface area (Å²) in [4.78, 5) is 17.8. The first-order valence-electron chi connectivity index (χ1n) is 7.65. The van der Waals surface area contributed by atoms with Crippen molar-refractivity contribution in [2.75, 3.05) is 26.2 Å². The molecule has 1 amide bonds. The maximum atomic E-state index is 13.1. The maximum Gasteiger partial charge on any atom is 0.256 e. The minimum atomic E-state index is -0.271. The molecule has 1 aromatic carbocycles. The van der Waals surface area contributed by atoms with Crippen molar-refractivity contribution in [2.45, 2.75) is 0 Å². The van der Waals surface area contributed by atoms with E-state index in [9.17, 15) is 9.18 Å². The summed E-state index contributed by atoms with van der Waals surface area (Å²) in [6, 6.07) is 6.25. The fourth-order valence-corrected chi connectivity index (χ4v) is 3.60. The van der Waals surface area contributed by atoms with Crippen LogP contribution in [0.4, 0.5) is 4.39 Å². The highest BCUT2D eigenvalue weighted by atomic mass is 19.1. The van der Waals surface area contributed by atoms with E-state index in [-0.39, 0.29) is 11.7 Å². The molecule has 0 unspecified atom stereocenters. The lowest BCUT2D eigenvalue weighted by Crippen LogP contribution is -2.31. The summed E-state index contributed by atoms with van der Waals surface area (Å²) in [5.74, 6) is 0.955. The van der Waals surface area contributed by atoms with Gasteiger partial charge in [0, 0.05) is 44.1 Å². The average molecular weight is 299 g/mol. The van der Waals surface area contributed by atoms with Gasteiger partial charge < -0.3 is 15.2 Å². The molecule has 3 heterocycles. The summed E-state index contributed by atoms with van der Waals surface area (Å²) >= 11 is 0. The third kappa shape index (κ3) is 2.22. The highest BCUT2D eigenvalue weighted by Crippen LogP contribution is 2.30. The van der Waals surface area contributed by atoms with Crippen molar-refractivity contribution in [3.05, 3.63) is 48.0 Å². The number of nitrogens with one attached hydrogen (secondary N) is 2. The number of carbonyl (C=O) groups is 1. The largest absolute Gasteiger partial charge is 0.366 e. The summed E-state index contributed by atoms with van der Waals surface area (Å²) in [5, 5.41) is 3.38. The van der Waals surface area contributed by atoms with Crippen LogP contribution in [0.1, 0.15) is 10.4 Å². The molecule has 2 aromatic rings. The molecule has 0 bridgehead atoms. The lowest BCUT2D eigenvalue weighted by atomic mass is 10.0. The van der Waals surface area contributed by atoms with Crippen molar-refractivity contribution in [3.63, 3.8) is 0 Å². The molecule has 114 valence electrons. The van der Waals surface area contributed by atoms with Crippen molar-refractivity contribution in [1.82, 2.24) is 15.2 Å². The van der Waals surface area contributed by atoms with Crippen LogP contribution in [0.3, 0.4) is 0 Å². The lowest BCUT2D eigenvalue weighted by Gasteiger charge is -2.17. The second-order valence-corrected chi connectivity index (χ2v) is 6.18. The molecule has 0 radical (unpaired) electrons. The lowest BCUT2D eigenvalue weighted by molar-refractivity contribution is 0.0782. The Balaban J connectivity index is 1.59. The van der Waals surface area contributed by atoms with Gasteiger partial charge in [-0.3, -0.25) is 4.79 Å². The van der Waals surface area contributed by atoms with E-state index < -0.39 is 0 Å². The van der Waals surface area contributed by atoms with E-state index in [4.69, 9.17) is 0 Å². The average Bonchev–Trinajstić information content (AvgIpc) is 3.22. The van der Waals surface area contributed by atoms with Gasteiger partial charge in [0.05, 0.1) is 5.56 Å². The molecule has 2 fully saturated rings. The minimum Gasteiger partial charge on any atom is -0.366 e. The molecule has 2 aliphatic heterocycles. The van der Waals surface area contributed by atoms with Gasteiger partial charge in [-0.25, -0.2) is 4.39 Å². The Kier molecular flexibility index (Phi) is 3.22. The Morgan fingerprint density at radius 1 is 1.09 bits per heavy atom. The molecule has 2 N–H and O–H groups in total. The normalized spacial score (nSPS) is 23.8. The van der Waals surface area contributed by atoms with E-state index >= 15 is 0 Å². The molecule has 0 aliphatic carbocycles. The Hall–Kier alpha value is -2.14. The Bertz CT molecular complexity index is 682. The molecule has 5 heteroatoms. The van der Waals surface area contributed by atoms with Crippen LogP contribution in [-0.4, -0.2) is 42.0 Å². The molecule has 2 aliphatic rings. The van der Waals surface area contributed by atoms with Crippen LogP contribution in [0.15, 0.2) is 36.7 Å². The number of carbonyl (C=O) groups excluding carboxylic acids is 1. The smallest absolute Gasteiger partial charge is 0.256 e. The number of likely N-dealkylation sites (tertiary alicyclic amines) is 1. The molecule has 2 atom stereocenters. The van der Waals surface area contributed by atoms with Crippen molar-refractivity contribution >= 4 is 5.91 Å². The second-order valence-electron chi connectivity index (χ2n) is 6.18. The first kappa shape index (κ1) is 13.5. The summed E-state index contributed by atoms with van der Waals surface area (Å²) in [6.07, 6.45) is 3.55. The van der Waals surface area contributed by atoms with E-state index in [1.165, 1.54) is 12.1 Å². The molecule has 1 aromatic heterocycles. The van der Waals surface area contributed by atoms with Crippen molar-refractivity contribution in [1.29, 1.82) is 0 Å². The van der Waals surface area contributed by atoms with Gasteiger partial charge in [-0.05, 0) is 29.5 Å². The van der Waals surface area contributed by atoms with E-state index in [1.807, 2.05) is 4.90 Å². The predicted octanol–water partition coefficient (Wildman–Crippen LogP) is 2.11. The van der Waals surface area contributed by atoms with Crippen LogP contribution < -0.4 is 5.32 Å². The van der Waals surface area contributed by atoms with Crippen LogP contribution in [0.25, 0.3) is 11.1 Å². The molecular formula is C17H18FN3O. The summed E-state index contributed by atoms with van der Waals surface area (Å²) in [5.41, 5.74) is 2.35. The summed E-state index contributed by atoms with van der Waals surface area (Å²) < 4.78 is 13.1. The van der Waals surface area contributed by atoms with Crippen LogP contribution in [-0.2, 0) is 0 Å². The zero-order valence-electron chi connectivity index (χ0n) is 12.2. The monoisotopic (exact) mass is 299 g/mol. The van der Waals surface area contributed by atoms with Crippen molar-refractivity contribution in [2.24, 2.45) is 11.8 Å². The standard InChI is InChI=1S/C17H18FN3O/c18-14-3-1-11(2-4-14)15-7-20-8-16(15)17(22)21-9-12-5-19-6-13(12)10-21/h1-4,7-8,12-13,19-20H,5-6,9-10H2/t12-,13+. The summed E-state index contributed by atoms with van der Waals surface area (Å²) in [6.45, 7) is 3.66. The van der Waals surface area contributed by atoms with Gasteiger partial charge in [-0.15, -0.1) is 0 Å². The highest BCUT2D eigenvalue weighted by molar-refractivity contribution is 6.01. The fourth-order valence-electron chi connectivity index (χ4n) is 3.60. The third-order valence-corrected chi connectivity index (χ3v) is 4.81. The van der Waals surface area contributed by atoms with Gasteiger partial charge in [0.15, 0.2) is 0 Å². The first-order valence-corrected chi connectivity index (χ1v) is 7.65. The fraction of sp³-hybridized carbons (Fsp3) is 0.353. The first-order chi connectivity index (χ1) is 10.7. The van der Waals surface area contributed by atoms with Crippen LogP contribution >= 0.6 is 0 Å². The van der Waals surface area contributed by atoms with Crippen LogP contribution in [0, 0.1) is 17.7 Å². The number of nitrogens with zero attached hydrogens (tertiary/aromatic N) is 1. The number of rotatable bonds is 2. The van der Waals surface area contributed by atoms with Crippen molar-refractivity contribution < 1.29 is 9.18 Å². The van der Waals surface area contributed by atoms with E-state index in [1.54, 1.807) is 24.5 Å². The van der Waals surface area contributed by atoms with Crippen LogP contribution in [0.2, 0.25) is 0 Å². The van der Waals surface area contributed by atoms with E-state index in [0.717, 1.165) is 37.3 Å². The van der Waals surface area contributed by atoms with Gasteiger partial charge in [0.1, 0.15) is 5.82 Å². The number of benzene rings is 1. The molecule has 2 saturated heterocycles. The van der Waals surface area contributed by atoms with Crippen molar-refractivity contribution in [3.8, 4) is 11.1 Å². The number of hydrogen-bond acceptors (Lipinski definition) is 2. The number of H-pyrrole nitrogens is 1. The number of fused-ring (bicyclic) bond motifs is 1. The molecule has 0 saturated carbocycles. The number of aromatic nitrogens is 1. The molecule has 0 spiro atoms.